The van der Waals surface area contributed by atoms with Gasteiger partial charge in [0.2, 0.25) is 0 Å². The number of hydrogen-bond acceptors (Lipinski definition) is 5. The minimum absolute atomic E-state index is 0.314. The van der Waals surface area contributed by atoms with Gasteiger partial charge < -0.3 is 10.1 Å². The van der Waals surface area contributed by atoms with Crippen molar-refractivity contribution in [2.24, 2.45) is 0 Å². The number of esters is 1. The lowest BCUT2D eigenvalue weighted by molar-refractivity contribution is 0.0601. The molecule has 0 saturated carbocycles. The highest BCUT2D eigenvalue weighted by atomic mass is 32.1. The molecule has 0 fully saturated rings. The molecule has 1 N–H and O–H groups in total. The number of ether oxygens (including phenoxy) is 1. The molecule has 0 aliphatic rings. The van der Waals surface area contributed by atoms with Crippen LogP contribution in [0.3, 0.4) is 0 Å². The van der Waals surface area contributed by atoms with Crippen LogP contribution in [0, 0.1) is 20.8 Å². The van der Waals surface area contributed by atoms with E-state index in [1.54, 1.807) is 12.1 Å². The van der Waals surface area contributed by atoms with E-state index in [4.69, 9.17) is 4.74 Å². The molecule has 5 nitrogen and oxygen atoms in total. The van der Waals surface area contributed by atoms with Crippen molar-refractivity contribution in [2.45, 2.75) is 20.8 Å². The summed E-state index contributed by atoms with van der Waals surface area (Å²) in [5.41, 5.74) is 2.30. The van der Waals surface area contributed by atoms with Crippen LogP contribution in [-0.2, 0) is 4.74 Å². The van der Waals surface area contributed by atoms with Crippen LogP contribution in [0.15, 0.2) is 18.2 Å². The molecule has 2 rings (SSSR count). The molecular formula is C15H16N2O3S. The SMILES string of the molecule is COC(=O)c1c(NC(=O)c2cccc(C)n2)sc(C)c1C. The number of methoxy groups -OCH3 is 1. The molecular weight excluding hydrogens is 288 g/mol. The lowest BCUT2D eigenvalue weighted by Crippen LogP contribution is -2.15. The van der Waals surface area contributed by atoms with E-state index in [1.807, 2.05) is 26.8 Å². The van der Waals surface area contributed by atoms with Crippen molar-refractivity contribution in [3.63, 3.8) is 0 Å². The van der Waals surface area contributed by atoms with E-state index >= 15 is 0 Å². The lowest BCUT2D eigenvalue weighted by Gasteiger charge is -2.06. The summed E-state index contributed by atoms with van der Waals surface area (Å²) in [6.45, 7) is 5.54. The normalized spacial score (nSPS) is 10.3. The molecule has 1 amide bonds. The van der Waals surface area contributed by atoms with Gasteiger partial charge in [0.25, 0.3) is 5.91 Å². The number of pyridine rings is 1. The average Bonchev–Trinajstić information content (AvgIpc) is 2.73. The zero-order valence-electron chi connectivity index (χ0n) is 12.3. The number of aromatic nitrogens is 1. The van der Waals surface area contributed by atoms with Crippen LogP contribution in [0.2, 0.25) is 0 Å². The number of hydrogen-bond donors (Lipinski definition) is 1. The first kappa shape index (κ1) is 15.2. The average molecular weight is 304 g/mol. The Hall–Kier alpha value is -2.21. The molecule has 110 valence electrons. The molecule has 0 saturated heterocycles. The van der Waals surface area contributed by atoms with E-state index in [0.717, 1.165) is 16.1 Å². The minimum atomic E-state index is -0.454. The van der Waals surface area contributed by atoms with Crippen LogP contribution in [0.25, 0.3) is 0 Å². The highest BCUT2D eigenvalue weighted by Gasteiger charge is 2.22. The van der Waals surface area contributed by atoms with Gasteiger partial charge in [0.15, 0.2) is 0 Å². The van der Waals surface area contributed by atoms with Gasteiger partial charge in [-0.05, 0) is 38.5 Å². The molecule has 2 heterocycles. The summed E-state index contributed by atoms with van der Waals surface area (Å²) in [7, 11) is 1.32. The molecule has 0 unspecified atom stereocenters. The predicted molar refractivity (Wildman–Crippen MR) is 82.1 cm³/mol. The maximum absolute atomic E-state index is 12.2. The largest absolute Gasteiger partial charge is 0.465 e. The molecule has 2 aromatic heterocycles. The van der Waals surface area contributed by atoms with Crippen molar-refractivity contribution in [1.29, 1.82) is 0 Å². The third-order valence-electron chi connectivity index (χ3n) is 3.12. The van der Waals surface area contributed by atoms with Crippen LogP contribution in [0.1, 0.15) is 37.0 Å². The zero-order valence-corrected chi connectivity index (χ0v) is 13.1. The molecule has 0 radical (unpaired) electrons. The zero-order chi connectivity index (χ0) is 15.6. The van der Waals surface area contributed by atoms with E-state index in [-0.39, 0.29) is 5.91 Å². The van der Waals surface area contributed by atoms with E-state index in [9.17, 15) is 9.59 Å². The number of carbonyl (C=O) groups is 2. The molecule has 0 aromatic carbocycles. The molecule has 0 bridgehead atoms. The van der Waals surface area contributed by atoms with Crippen LogP contribution in [0.4, 0.5) is 5.00 Å². The second-order valence-corrected chi connectivity index (χ2v) is 5.82. The maximum Gasteiger partial charge on any atom is 0.341 e. The first-order chi connectivity index (χ1) is 9.93. The second kappa shape index (κ2) is 6.05. The van der Waals surface area contributed by atoms with Gasteiger partial charge in [-0.2, -0.15) is 0 Å². The topological polar surface area (TPSA) is 68.3 Å². The standard InChI is InChI=1S/C15H16N2O3S/c1-8-6-5-7-11(16-8)13(18)17-14-12(15(19)20-4)9(2)10(3)21-14/h5-7H,1-4H3,(H,17,18). The van der Waals surface area contributed by atoms with Gasteiger partial charge in [-0.15, -0.1) is 11.3 Å². The summed E-state index contributed by atoms with van der Waals surface area (Å²) < 4.78 is 4.78. The molecule has 0 aliphatic carbocycles. The Bertz CT molecular complexity index is 707. The summed E-state index contributed by atoms with van der Waals surface area (Å²) in [4.78, 5) is 29.2. The second-order valence-electron chi connectivity index (χ2n) is 4.60. The van der Waals surface area contributed by atoms with E-state index in [2.05, 4.69) is 10.3 Å². The Morgan fingerprint density at radius 1 is 1.24 bits per heavy atom. The van der Waals surface area contributed by atoms with Gasteiger partial charge >= 0.3 is 5.97 Å². The molecule has 0 spiro atoms. The van der Waals surface area contributed by atoms with E-state index in [0.29, 0.717) is 16.3 Å². The number of thiophene rings is 1. The number of nitrogens with one attached hydrogen (secondary N) is 1. The third-order valence-corrected chi connectivity index (χ3v) is 4.25. The fourth-order valence-electron chi connectivity index (χ4n) is 1.90. The molecule has 0 aliphatic heterocycles. The molecule has 2 aromatic rings. The predicted octanol–water partition coefficient (Wildman–Crippen LogP) is 3.11. The summed E-state index contributed by atoms with van der Waals surface area (Å²) in [5, 5.41) is 3.24. The van der Waals surface area contributed by atoms with Crippen LogP contribution >= 0.6 is 11.3 Å². The summed E-state index contributed by atoms with van der Waals surface area (Å²) >= 11 is 1.35. The fourth-order valence-corrected chi connectivity index (χ4v) is 2.94. The van der Waals surface area contributed by atoms with Crippen molar-refractivity contribution in [3.8, 4) is 0 Å². The van der Waals surface area contributed by atoms with Crippen molar-refractivity contribution in [2.75, 3.05) is 12.4 Å². The van der Waals surface area contributed by atoms with E-state index in [1.165, 1.54) is 18.4 Å². The van der Waals surface area contributed by atoms with Gasteiger partial charge in [-0.25, -0.2) is 9.78 Å². The van der Waals surface area contributed by atoms with Gasteiger partial charge in [-0.3, -0.25) is 4.79 Å². The molecule has 0 atom stereocenters. The number of aryl methyl sites for hydroxylation is 2. The molecule has 21 heavy (non-hydrogen) atoms. The monoisotopic (exact) mass is 304 g/mol. The Labute approximate surface area is 127 Å². The number of nitrogens with zero attached hydrogens (tertiary/aromatic N) is 1. The Morgan fingerprint density at radius 2 is 1.95 bits per heavy atom. The van der Waals surface area contributed by atoms with Crippen molar-refractivity contribution < 1.29 is 14.3 Å². The maximum atomic E-state index is 12.2. The van der Waals surface area contributed by atoms with Crippen LogP contribution in [0.5, 0.6) is 0 Å². The minimum Gasteiger partial charge on any atom is -0.465 e. The highest BCUT2D eigenvalue weighted by Crippen LogP contribution is 2.33. The summed E-state index contributed by atoms with van der Waals surface area (Å²) in [5.74, 6) is -0.797. The quantitative estimate of drug-likeness (QED) is 0.885. The molecule has 6 heteroatoms. The van der Waals surface area contributed by atoms with Crippen LogP contribution < -0.4 is 5.32 Å². The summed E-state index contributed by atoms with van der Waals surface area (Å²) in [6, 6.07) is 5.22. The van der Waals surface area contributed by atoms with Gasteiger partial charge in [0.05, 0.1) is 12.7 Å². The Balaban J connectivity index is 2.34. The first-order valence-electron chi connectivity index (χ1n) is 6.37. The highest BCUT2D eigenvalue weighted by molar-refractivity contribution is 7.16. The van der Waals surface area contributed by atoms with Crippen molar-refractivity contribution in [1.82, 2.24) is 4.98 Å². The first-order valence-corrected chi connectivity index (χ1v) is 7.19. The summed E-state index contributed by atoms with van der Waals surface area (Å²) in [6.07, 6.45) is 0. The number of anilines is 1. The van der Waals surface area contributed by atoms with Gasteiger partial charge in [0, 0.05) is 10.6 Å². The van der Waals surface area contributed by atoms with Gasteiger partial charge in [0.1, 0.15) is 10.7 Å². The Morgan fingerprint density at radius 3 is 2.57 bits per heavy atom. The number of amides is 1. The fraction of sp³-hybridized carbons (Fsp3) is 0.267. The van der Waals surface area contributed by atoms with Gasteiger partial charge in [-0.1, -0.05) is 6.07 Å². The lowest BCUT2D eigenvalue weighted by atomic mass is 10.1. The third kappa shape index (κ3) is 3.11. The number of carbonyl (C=O) groups excluding carboxylic acids is 2. The Kier molecular flexibility index (Phi) is 4.37. The van der Waals surface area contributed by atoms with Crippen molar-refractivity contribution >= 4 is 28.2 Å². The van der Waals surface area contributed by atoms with E-state index < -0.39 is 5.97 Å². The number of rotatable bonds is 3. The smallest absolute Gasteiger partial charge is 0.341 e. The van der Waals surface area contributed by atoms with Crippen molar-refractivity contribution in [3.05, 3.63) is 45.6 Å². The van der Waals surface area contributed by atoms with Crippen LogP contribution in [-0.4, -0.2) is 24.0 Å².